The molecule has 0 aliphatic heterocycles. The lowest BCUT2D eigenvalue weighted by atomic mass is 9.51. The Morgan fingerprint density at radius 2 is 0.785 bits per heavy atom. The van der Waals surface area contributed by atoms with Crippen molar-refractivity contribution in [2.75, 3.05) is 4.90 Å². The van der Waals surface area contributed by atoms with Crippen molar-refractivity contribution in [3.05, 3.63) is 310 Å². The van der Waals surface area contributed by atoms with Crippen LogP contribution in [0.25, 0.3) is 27.1 Å². The van der Waals surface area contributed by atoms with Crippen LogP contribution in [0.3, 0.4) is 0 Å². The fourth-order valence-corrected chi connectivity index (χ4v) is 12.0. The van der Waals surface area contributed by atoms with Crippen LogP contribution in [-0.2, 0) is 10.8 Å². The summed E-state index contributed by atoms with van der Waals surface area (Å²) in [5.74, 6) is 0.225. The van der Waals surface area contributed by atoms with Crippen LogP contribution in [0.2, 0.25) is 0 Å². The summed E-state index contributed by atoms with van der Waals surface area (Å²) >= 11 is 0. The predicted octanol–water partition coefficient (Wildman–Crippen LogP) is 16.0. The smallest absolute Gasteiger partial charge is 0.0716 e. The normalized spacial score (nSPS) is 16.2. The Labute approximate surface area is 380 Å². The summed E-state index contributed by atoms with van der Waals surface area (Å²) in [4.78, 5) is 2.40. The van der Waals surface area contributed by atoms with Crippen molar-refractivity contribution in [2.45, 2.75) is 23.2 Å². The lowest BCUT2D eigenvalue weighted by molar-refractivity contribution is 0.620. The molecule has 1 atom stereocenters. The van der Waals surface area contributed by atoms with Crippen LogP contribution < -0.4 is 4.90 Å². The summed E-state index contributed by atoms with van der Waals surface area (Å²) in [6.45, 7) is 0. The average Bonchev–Trinajstić information content (AvgIpc) is 3.67. The van der Waals surface area contributed by atoms with Crippen LogP contribution in [-0.4, -0.2) is 0 Å². The number of nitrogens with zero attached hydrogens (tertiary/aromatic N) is 1. The Morgan fingerprint density at radius 3 is 1.32 bits per heavy atom. The lowest BCUT2D eigenvalue weighted by Gasteiger charge is -2.50. The van der Waals surface area contributed by atoms with Crippen molar-refractivity contribution in [3.8, 4) is 0 Å². The zero-order valence-corrected chi connectivity index (χ0v) is 36.0. The molecule has 0 N–H and O–H groups in total. The summed E-state index contributed by atoms with van der Waals surface area (Å²) in [5, 5.41) is 4.94. The highest BCUT2D eigenvalue weighted by molar-refractivity contribution is 5.97. The molecule has 0 aromatic heterocycles. The minimum atomic E-state index is -0.505. The van der Waals surface area contributed by atoms with Gasteiger partial charge in [0.05, 0.1) is 10.8 Å². The van der Waals surface area contributed by atoms with E-state index in [1.54, 1.807) is 0 Å². The highest BCUT2D eigenvalue weighted by atomic mass is 15.1. The summed E-state index contributed by atoms with van der Waals surface area (Å²) in [5.41, 5.74) is 17.2. The number of benzene rings is 10. The van der Waals surface area contributed by atoms with Crippen molar-refractivity contribution >= 4 is 44.2 Å². The predicted molar refractivity (Wildman–Crippen MR) is 271 cm³/mol. The Kier molecular flexibility index (Phi) is 8.55. The van der Waals surface area contributed by atoms with Crippen LogP contribution >= 0.6 is 0 Å². The molecule has 3 aliphatic carbocycles. The van der Waals surface area contributed by atoms with Crippen LogP contribution in [0.1, 0.15) is 62.4 Å². The zero-order valence-electron chi connectivity index (χ0n) is 36.0. The molecule has 10 aromatic carbocycles. The molecule has 0 amide bonds. The van der Waals surface area contributed by atoms with E-state index >= 15 is 0 Å². The van der Waals surface area contributed by atoms with Crippen LogP contribution in [0.15, 0.2) is 260 Å². The monoisotopic (exact) mass is 827 g/mol. The van der Waals surface area contributed by atoms with Crippen molar-refractivity contribution in [1.82, 2.24) is 0 Å². The molecule has 0 radical (unpaired) electrons. The second kappa shape index (κ2) is 14.8. The first-order chi connectivity index (χ1) is 32.2. The molecule has 1 unspecified atom stereocenters. The maximum atomic E-state index is 2.59. The summed E-state index contributed by atoms with van der Waals surface area (Å²) in [6.07, 6.45) is 6.10. The van der Waals surface area contributed by atoms with Crippen LogP contribution in [0.4, 0.5) is 17.1 Å². The molecule has 1 spiro atoms. The van der Waals surface area contributed by atoms with E-state index in [1.165, 1.54) is 82.8 Å². The summed E-state index contributed by atoms with van der Waals surface area (Å²) < 4.78 is 0. The second-order valence-corrected chi connectivity index (χ2v) is 17.9. The highest BCUT2D eigenvalue weighted by Gasteiger charge is 2.58. The van der Waals surface area contributed by atoms with E-state index in [-0.39, 0.29) is 5.92 Å². The molecule has 306 valence electrons. The fourth-order valence-electron chi connectivity index (χ4n) is 12.0. The minimum absolute atomic E-state index is 0.225. The van der Waals surface area contributed by atoms with Crippen molar-refractivity contribution in [1.29, 1.82) is 0 Å². The standard InChI is InChI=1S/C64H45N/c1-3-21-50(22-4-1)63(51-23-5-2-6-24-51)59-27-13-15-29-61(59)64(62-30-16-14-28-60(62)63)57-26-12-11-25-55(57)56-43-49(35-40-58(56)64)46-31-36-52(37-32-46)65(53-38-33-44-17-7-9-19-47(44)41-53)54-39-34-45-18-8-10-20-48(45)42-54/h1-34,36-43,49H,35H2. The fraction of sp³-hybridized carbons (Fsp3) is 0.0625. The van der Waals surface area contributed by atoms with E-state index in [2.05, 4.69) is 260 Å². The first kappa shape index (κ1) is 37.5. The number of rotatable bonds is 6. The third-order valence-corrected chi connectivity index (χ3v) is 14.7. The first-order valence-electron chi connectivity index (χ1n) is 22.9. The Hall–Kier alpha value is -8.00. The maximum absolute atomic E-state index is 2.59. The number of hydrogen-bond acceptors (Lipinski definition) is 1. The van der Waals surface area contributed by atoms with E-state index in [9.17, 15) is 0 Å². The first-order valence-corrected chi connectivity index (χ1v) is 22.9. The SMILES string of the molecule is C1=C2C(=CCC1c1ccc(N(c3ccc4ccccc4c3)c3ccc4ccccc4c3)cc1)C1(c3ccccc32)c2ccccc2C(c2ccccc2)(c2ccccc2)c2ccccc21. The van der Waals surface area contributed by atoms with E-state index in [4.69, 9.17) is 0 Å². The van der Waals surface area contributed by atoms with Gasteiger partial charge in [-0.05, 0) is 126 Å². The van der Waals surface area contributed by atoms with Crippen molar-refractivity contribution < 1.29 is 0 Å². The van der Waals surface area contributed by atoms with Gasteiger partial charge in [-0.25, -0.2) is 0 Å². The van der Waals surface area contributed by atoms with Gasteiger partial charge < -0.3 is 4.90 Å². The van der Waals surface area contributed by atoms with E-state index in [0.29, 0.717) is 0 Å². The van der Waals surface area contributed by atoms with Crippen LogP contribution in [0, 0.1) is 0 Å². The van der Waals surface area contributed by atoms with Gasteiger partial charge >= 0.3 is 0 Å². The van der Waals surface area contributed by atoms with Gasteiger partial charge in [-0.15, -0.1) is 0 Å². The summed E-state index contributed by atoms with van der Waals surface area (Å²) in [6, 6.07) is 90.5. The van der Waals surface area contributed by atoms with Crippen molar-refractivity contribution in [2.24, 2.45) is 0 Å². The molecule has 0 heterocycles. The average molecular weight is 828 g/mol. The molecule has 13 rings (SSSR count). The molecule has 0 saturated heterocycles. The Balaban J connectivity index is 0.945. The minimum Gasteiger partial charge on any atom is -0.310 e. The third kappa shape index (κ3) is 5.52. The van der Waals surface area contributed by atoms with Crippen molar-refractivity contribution in [3.63, 3.8) is 0 Å². The van der Waals surface area contributed by atoms with Gasteiger partial charge in [-0.1, -0.05) is 218 Å². The molecule has 1 nitrogen and oxygen atoms in total. The topological polar surface area (TPSA) is 3.24 Å². The molecule has 0 bridgehead atoms. The van der Waals surface area contributed by atoms with Gasteiger partial charge in [0.25, 0.3) is 0 Å². The molecule has 10 aromatic rings. The van der Waals surface area contributed by atoms with Gasteiger partial charge in [-0.2, -0.15) is 0 Å². The molecular weight excluding hydrogens is 783 g/mol. The number of anilines is 3. The van der Waals surface area contributed by atoms with Gasteiger partial charge in [0.2, 0.25) is 0 Å². The van der Waals surface area contributed by atoms with E-state index in [1.807, 2.05) is 0 Å². The molecular formula is C64H45N. The Morgan fingerprint density at radius 1 is 0.354 bits per heavy atom. The van der Waals surface area contributed by atoms with Gasteiger partial charge in [-0.3, -0.25) is 0 Å². The van der Waals surface area contributed by atoms with Gasteiger partial charge in [0, 0.05) is 23.0 Å². The number of allylic oxidation sites excluding steroid dienone is 4. The number of hydrogen-bond donors (Lipinski definition) is 0. The second-order valence-electron chi connectivity index (χ2n) is 17.9. The highest BCUT2D eigenvalue weighted by Crippen LogP contribution is 2.66. The molecule has 0 fully saturated rings. The molecule has 65 heavy (non-hydrogen) atoms. The third-order valence-electron chi connectivity index (χ3n) is 14.7. The van der Waals surface area contributed by atoms with Gasteiger partial charge in [0.1, 0.15) is 0 Å². The quantitative estimate of drug-likeness (QED) is 0.161. The molecule has 3 aliphatic rings. The van der Waals surface area contributed by atoms with Crippen LogP contribution in [0.5, 0.6) is 0 Å². The van der Waals surface area contributed by atoms with E-state index < -0.39 is 10.8 Å². The summed E-state index contributed by atoms with van der Waals surface area (Å²) in [7, 11) is 0. The molecule has 1 heteroatoms. The largest absolute Gasteiger partial charge is 0.310 e. The zero-order chi connectivity index (χ0) is 43.0. The lowest BCUT2D eigenvalue weighted by Crippen LogP contribution is -2.44. The van der Waals surface area contributed by atoms with E-state index in [0.717, 1.165) is 23.5 Å². The maximum Gasteiger partial charge on any atom is 0.0716 e. The van der Waals surface area contributed by atoms with Gasteiger partial charge in [0.15, 0.2) is 0 Å². The molecule has 0 saturated carbocycles. The Bertz CT molecular complexity index is 3350. The number of fused-ring (bicyclic) bond motifs is 11.